The highest BCUT2D eigenvalue weighted by atomic mass is 35.5. The van der Waals surface area contributed by atoms with E-state index < -0.39 is 0 Å². The predicted octanol–water partition coefficient (Wildman–Crippen LogP) is 4.96. The van der Waals surface area contributed by atoms with Gasteiger partial charge in [-0.25, -0.2) is 9.97 Å². The molecular formula is C25H31ClN8. The minimum atomic E-state index is 0.182. The molecule has 0 aliphatic heterocycles. The van der Waals surface area contributed by atoms with Crippen molar-refractivity contribution in [3.63, 3.8) is 0 Å². The van der Waals surface area contributed by atoms with Gasteiger partial charge in [-0.15, -0.1) is 0 Å². The topological polar surface area (TPSA) is 112 Å². The van der Waals surface area contributed by atoms with Gasteiger partial charge >= 0.3 is 0 Å². The van der Waals surface area contributed by atoms with Gasteiger partial charge in [-0.1, -0.05) is 37.9 Å². The fraction of sp³-hybridized carbons (Fsp3) is 0.440. The van der Waals surface area contributed by atoms with Crippen LogP contribution >= 0.6 is 11.6 Å². The van der Waals surface area contributed by atoms with Crippen LogP contribution in [-0.4, -0.2) is 43.9 Å². The Hall–Kier alpha value is -3.15. The summed E-state index contributed by atoms with van der Waals surface area (Å²) in [6.07, 6.45) is 7.94. The number of H-pyrrole nitrogens is 1. The van der Waals surface area contributed by atoms with Crippen LogP contribution in [0.4, 0.5) is 5.82 Å². The second-order valence-electron chi connectivity index (χ2n) is 8.81. The van der Waals surface area contributed by atoms with Gasteiger partial charge in [0.25, 0.3) is 0 Å². The van der Waals surface area contributed by atoms with E-state index >= 15 is 0 Å². The molecule has 0 saturated carbocycles. The van der Waals surface area contributed by atoms with Gasteiger partial charge < -0.3 is 15.6 Å². The van der Waals surface area contributed by atoms with Crippen molar-refractivity contribution in [1.29, 1.82) is 5.26 Å². The van der Waals surface area contributed by atoms with Crippen molar-refractivity contribution in [3.05, 3.63) is 35.2 Å². The first kappa shape index (κ1) is 24.0. The van der Waals surface area contributed by atoms with E-state index in [0.29, 0.717) is 16.7 Å². The highest BCUT2D eigenvalue weighted by Gasteiger charge is 2.21. The summed E-state index contributed by atoms with van der Waals surface area (Å²) in [6, 6.07) is 6.55. The van der Waals surface area contributed by atoms with Gasteiger partial charge in [0.2, 0.25) is 0 Å². The number of fused-ring (bicyclic) bond motifs is 2. The summed E-state index contributed by atoms with van der Waals surface area (Å²) in [5.74, 6) is 0.807. The van der Waals surface area contributed by atoms with Gasteiger partial charge in [0.05, 0.1) is 34.9 Å². The third-order valence-corrected chi connectivity index (χ3v) is 6.97. The Balaban J connectivity index is 1.70. The van der Waals surface area contributed by atoms with Crippen molar-refractivity contribution in [2.24, 2.45) is 12.8 Å². The summed E-state index contributed by atoms with van der Waals surface area (Å²) in [7, 11) is 3.88. The molecule has 4 rings (SSSR count). The summed E-state index contributed by atoms with van der Waals surface area (Å²) in [4.78, 5) is 15.0. The Morgan fingerprint density at radius 1 is 1.29 bits per heavy atom. The number of hydrogen-bond acceptors (Lipinski definition) is 6. The van der Waals surface area contributed by atoms with Crippen molar-refractivity contribution >= 4 is 39.5 Å². The van der Waals surface area contributed by atoms with Crippen molar-refractivity contribution < 1.29 is 0 Å². The van der Waals surface area contributed by atoms with Crippen molar-refractivity contribution in [3.8, 4) is 17.2 Å². The van der Waals surface area contributed by atoms with Gasteiger partial charge in [-0.2, -0.15) is 10.4 Å². The molecule has 0 unspecified atom stereocenters. The molecule has 0 radical (unpaired) electrons. The number of halogens is 1. The number of benzene rings is 1. The summed E-state index contributed by atoms with van der Waals surface area (Å²) in [6.45, 7) is 4.34. The molecule has 0 saturated heterocycles. The van der Waals surface area contributed by atoms with E-state index in [-0.39, 0.29) is 12.5 Å². The fourth-order valence-corrected chi connectivity index (χ4v) is 5.05. The average molecular weight is 479 g/mol. The Bertz CT molecular complexity index is 1350. The van der Waals surface area contributed by atoms with Crippen LogP contribution in [0.2, 0.25) is 5.02 Å². The maximum absolute atomic E-state index is 9.24. The normalized spacial score (nSPS) is 13.3. The van der Waals surface area contributed by atoms with E-state index in [1.54, 1.807) is 4.68 Å². The van der Waals surface area contributed by atoms with Crippen LogP contribution in [0.25, 0.3) is 33.2 Å². The maximum Gasteiger partial charge on any atom is 0.159 e. The lowest BCUT2D eigenvalue weighted by Crippen LogP contribution is -2.37. The molecule has 9 heteroatoms. The van der Waals surface area contributed by atoms with Gasteiger partial charge in [-0.05, 0) is 25.3 Å². The lowest BCUT2D eigenvalue weighted by atomic mass is 10.0. The molecule has 0 aliphatic rings. The summed E-state index contributed by atoms with van der Waals surface area (Å²) in [5.41, 5.74) is 11.0. The number of aryl methyl sites for hydroxylation is 1. The smallest absolute Gasteiger partial charge is 0.159 e. The van der Waals surface area contributed by atoms with E-state index in [1.165, 1.54) is 0 Å². The molecule has 3 N–H and O–H groups in total. The van der Waals surface area contributed by atoms with Crippen molar-refractivity contribution in [2.75, 3.05) is 11.9 Å². The highest BCUT2D eigenvalue weighted by molar-refractivity contribution is 6.38. The Labute approximate surface area is 204 Å². The van der Waals surface area contributed by atoms with Gasteiger partial charge in [0, 0.05) is 48.9 Å². The first-order valence-corrected chi connectivity index (χ1v) is 12.1. The molecule has 1 aromatic carbocycles. The average Bonchev–Trinajstić information content (AvgIpc) is 3.38. The SMILES string of the molecule is CCC[C@@H](N)C[C@@H](CC)N(C)c1cnc2c(-c3ccc4nn(C)c(CC#N)c4c3Cl)c[nH]c2n1. The van der Waals surface area contributed by atoms with Gasteiger partial charge in [-0.3, -0.25) is 4.68 Å². The van der Waals surface area contributed by atoms with E-state index in [9.17, 15) is 5.26 Å². The largest absolute Gasteiger partial charge is 0.355 e. The Morgan fingerprint density at radius 2 is 2.09 bits per heavy atom. The third-order valence-electron chi connectivity index (χ3n) is 6.58. The maximum atomic E-state index is 9.24. The van der Waals surface area contributed by atoms with E-state index in [1.807, 2.05) is 31.6 Å². The van der Waals surface area contributed by atoms with Crippen LogP contribution in [0.15, 0.2) is 24.5 Å². The number of rotatable bonds is 9. The second-order valence-corrected chi connectivity index (χ2v) is 9.19. The zero-order valence-corrected chi connectivity index (χ0v) is 20.9. The molecule has 2 atom stereocenters. The van der Waals surface area contributed by atoms with Crippen molar-refractivity contribution in [2.45, 2.75) is 58.0 Å². The number of anilines is 1. The lowest BCUT2D eigenvalue weighted by molar-refractivity contribution is 0.468. The van der Waals surface area contributed by atoms with Gasteiger partial charge in [0.15, 0.2) is 5.65 Å². The molecule has 0 amide bonds. The van der Waals surface area contributed by atoms with Crippen LogP contribution in [-0.2, 0) is 13.5 Å². The van der Waals surface area contributed by atoms with E-state index in [4.69, 9.17) is 27.3 Å². The standard InChI is InChI=1S/C25H31ClN8/c1-5-7-15(28)12-16(6-2)33(3)21-14-29-24-18(13-30-25(24)31-21)17-8-9-19-22(23(17)26)20(10-11-27)34(4)32-19/h8-9,13-16H,5-7,10,12,28H2,1-4H3,(H,30,31)/t15-,16-/m1/s1. The fourth-order valence-electron chi connectivity index (χ4n) is 4.68. The molecule has 0 bridgehead atoms. The molecule has 8 nitrogen and oxygen atoms in total. The Morgan fingerprint density at radius 3 is 2.79 bits per heavy atom. The number of hydrogen-bond donors (Lipinski definition) is 2. The highest BCUT2D eigenvalue weighted by Crippen LogP contribution is 2.38. The minimum absolute atomic E-state index is 0.182. The molecule has 3 aromatic heterocycles. The number of nitrogens with one attached hydrogen (secondary N) is 1. The van der Waals surface area contributed by atoms with Crippen LogP contribution in [0.1, 0.15) is 45.2 Å². The van der Waals surface area contributed by atoms with Crippen LogP contribution in [0.3, 0.4) is 0 Å². The lowest BCUT2D eigenvalue weighted by Gasteiger charge is -2.30. The van der Waals surface area contributed by atoms with E-state index in [2.05, 4.69) is 41.9 Å². The zero-order valence-electron chi connectivity index (χ0n) is 20.1. The molecule has 34 heavy (non-hydrogen) atoms. The molecule has 0 aliphatic carbocycles. The van der Waals surface area contributed by atoms with E-state index in [0.717, 1.165) is 64.7 Å². The number of nitrogens with two attached hydrogens (primary N) is 1. The number of nitriles is 1. The van der Waals surface area contributed by atoms with Crippen LogP contribution in [0, 0.1) is 11.3 Å². The van der Waals surface area contributed by atoms with Crippen molar-refractivity contribution in [1.82, 2.24) is 24.7 Å². The molecule has 0 spiro atoms. The summed E-state index contributed by atoms with van der Waals surface area (Å²) < 4.78 is 1.72. The first-order valence-electron chi connectivity index (χ1n) is 11.7. The summed E-state index contributed by atoms with van der Waals surface area (Å²) in [5, 5.41) is 15.1. The minimum Gasteiger partial charge on any atom is -0.355 e. The van der Waals surface area contributed by atoms with Crippen LogP contribution in [0.5, 0.6) is 0 Å². The second kappa shape index (κ2) is 10.00. The third kappa shape index (κ3) is 4.33. The molecular weight excluding hydrogens is 448 g/mol. The summed E-state index contributed by atoms with van der Waals surface area (Å²) >= 11 is 6.86. The number of aromatic nitrogens is 5. The Kier molecular flexibility index (Phi) is 7.05. The molecule has 3 heterocycles. The number of aromatic amines is 1. The molecule has 4 aromatic rings. The van der Waals surface area contributed by atoms with Crippen LogP contribution < -0.4 is 10.6 Å². The first-order chi connectivity index (χ1) is 16.4. The predicted molar refractivity (Wildman–Crippen MR) is 138 cm³/mol. The van der Waals surface area contributed by atoms with Gasteiger partial charge in [0.1, 0.15) is 11.3 Å². The monoisotopic (exact) mass is 478 g/mol. The molecule has 178 valence electrons. The molecule has 0 fully saturated rings. The number of nitrogens with zero attached hydrogens (tertiary/aromatic N) is 6. The quantitative estimate of drug-likeness (QED) is 0.351. The zero-order chi connectivity index (χ0) is 24.4.